The Hall–Kier alpha value is -1.35. The first-order valence-corrected chi connectivity index (χ1v) is 10.2. The van der Waals surface area contributed by atoms with Gasteiger partial charge in [-0.2, -0.15) is 0 Å². The van der Waals surface area contributed by atoms with Crippen LogP contribution in [0.2, 0.25) is 0 Å². The average Bonchev–Trinajstić information content (AvgIpc) is 3.44. The van der Waals surface area contributed by atoms with E-state index in [9.17, 15) is 4.79 Å². The fraction of sp³-hybridized carbons (Fsp3) is 0.682. The van der Waals surface area contributed by atoms with Gasteiger partial charge >= 0.3 is 0 Å². The maximum atomic E-state index is 12.5. The van der Waals surface area contributed by atoms with Crippen molar-refractivity contribution in [3.8, 4) is 0 Å². The van der Waals surface area contributed by atoms with Gasteiger partial charge in [0.2, 0.25) is 5.91 Å². The number of likely N-dealkylation sites (tertiary alicyclic amines) is 1. The molecule has 1 aliphatic heterocycles. The Balaban J connectivity index is 1.26. The summed E-state index contributed by atoms with van der Waals surface area (Å²) in [5.41, 5.74) is 1.48. The zero-order chi connectivity index (χ0) is 17.2. The van der Waals surface area contributed by atoms with Gasteiger partial charge in [-0.05, 0) is 62.3 Å². The molecule has 3 aliphatic rings. The lowest BCUT2D eigenvalue weighted by Crippen LogP contribution is -2.42. The molecule has 3 nitrogen and oxygen atoms in total. The molecule has 0 aromatic heterocycles. The molecule has 2 atom stereocenters. The van der Waals surface area contributed by atoms with Gasteiger partial charge in [0, 0.05) is 12.5 Å². The summed E-state index contributed by atoms with van der Waals surface area (Å²) in [6, 6.07) is 11.2. The minimum atomic E-state index is 0.306. The molecule has 25 heavy (non-hydrogen) atoms. The van der Waals surface area contributed by atoms with Gasteiger partial charge in [-0.25, -0.2) is 0 Å². The summed E-state index contributed by atoms with van der Waals surface area (Å²) < 4.78 is 6.31. The van der Waals surface area contributed by atoms with Crippen molar-refractivity contribution in [3.05, 3.63) is 35.9 Å². The molecule has 1 saturated heterocycles. The second-order valence-electron chi connectivity index (χ2n) is 8.36. The largest absolute Gasteiger partial charge is 0.376 e. The predicted molar refractivity (Wildman–Crippen MR) is 99.4 cm³/mol. The van der Waals surface area contributed by atoms with E-state index in [0.717, 1.165) is 45.3 Å². The number of rotatable bonds is 5. The normalized spacial score (nSPS) is 32.8. The lowest BCUT2D eigenvalue weighted by Gasteiger charge is -2.32. The number of carbonyl (C=O) groups is 1. The third-order valence-corrected chi connectivity index (χ3v) is 6.54. The number of amides is 1. The van der Waals surface area contributed by atoms with E-state index in [1.807, 2.05) is 0 Å². The highest BCUT2D eigenvalue weighted by atomic mass is 16.5. The lowest BCUT2D eigenvalue weighted by atomic mass is 9.83. The molecule has 0 spiro atoms. The second-order valence-corrected chi connectivity index (χ2v) is 8.36. The molecule has 1 amide bonds. The van der Waals surface area contributed by atoms with Crippen molar-refractivity contribution in [2.45, 2.75) is 69.9 Å². The van der Waals surface area contributed by atoms with Gasteiger partial charge in [0.25, 0.3) is 0 Å². The van der Waals surface area contributed by atoms with Crippen molar-refractivity contribution in [2.24, 2.45) is 11.8 Å². The lowest BCUT2D eigenvalue weighted by molar-refractivity contribution is -0.135. The van der Waals surface area contributed by atoms with E-state index in [4.69, 9.17) is 4.74 Å². The average molecular weight is 341 g/mol. The van der Waals surface area contributed by atoms with Crippen LogP contribution in [0.1, 0.15) is 63.4 Å². The second kappa shape index (κ2) is 7.49. The van der Waals surface area contributed by atoms with Crippen molar-refractivity contribution in [1.29, 1.82) is 0 Å². The molecular formula is C22H31NO2. The molecule has 0 radical (unpaired) electrons. The molecule has 0 bridgehead atoms. The van der Waals surface area contributed by atoms with Gasteiger partial charge in [0.1, 0.15) is 0 Å². The van der Waals surface area contributed by atoms with E-state index in [-0.39, 0.29) is 0 Å². The van der Waals surface area contributed by atoms with Crippen LogP contribution in [-0.4, -0.2) is 36.1 Å². The van der Waals surface area contributed by atoms with E-state index in [0.29, 0.717) is 35.8 Å². The van der Waals surface area contributed by atoms with Gasteiger partial charge in [0.05, 0.1) is 18.8 Å². The Kier molecular flexibility index (Phi) is 5.12. The first-order valence-electron chi connectivity index (χ1n) is 10.2. The number of ether oxygens (including phenoxy) is 1. The number of hydrogen-bond donors (Lipinski definition) is 0. The number of benzene rings is 1. The fourth-order valence-corrected chi connectivity index (χ4v) is 4.62. The maximum absolute atomic E-state index is 12.5. The summed E-state index contributed by atoms with van der Waals surface area (Å²) in [5, 5.41) is 0. The molecule has 0 N–H and O–H groups in total. The zero-order valence-electron chi connectivity index (χ0n) is 15.4. The molecule has 1 heterocycles. The van der Waals surface area contributed by atoms with Crippen molar-refractivity contribution >= 4 is 5.91 Å². The van der Waals surface area contributed by atoms with E-state index < -0.39 is 0 Å². The van der Waals surface area contributed by atoms with Crippen LogP contribution in [0.25, 0.3) is 0 Å². The standard InChI is InChI=1S/C22H31NO2/c1-16-13-14-23(22(24)19-7-8-19)21(16)15-25-20-11-9-18(10-12-20)17-5-3-2-4-6-17/h2-6,16,18-21H,7-15H2,1H3/t16-,18-,20+,21-/m0/s1. The van der Waals surface area contributed by atoms with Crippen LogP contribution < -0.4 is 0 Å². The molecule has 3 heteroatoms. The minimum absolute atomic E-state index is 0.306. The topological polar surface area (TPSA) is 29.5 Å². The third-order valence-electron chi connectivity index (χ3n) is 6.54. The van der Waals surface area contributed by atoms with Crippen LogP contribution in [0.4, 0.5) is 0 Å². The van der Waals surface area contributed by atoms with Crippen molar-refractivity contribution in [3.63, 3.8) is 0 Å². The molecule has 4 rings (SSSR count). The van der Waals surface area contributed by atoms with Gasteiger partial charge < -0.3 is 9.64 Å². The Morgan fingerprint density at radius 1 is 1.04 bits per heavy atom. The van der Waals surface area contributed by atoms with Crippen LogP contribution in [-0.2, 0) is 9.53 Å². The molecule has 1 aromatic carbocycles. The first-order chi connectivity index (χ1) is 12.2. The van der Waals surface area contributed by atoms with E-state index >= 15 is 0 Å². The molecule has 2 saturated carbocycles. The summed E-state index contributed by atoms with van der Waals surface area (Å²) in [6.07, 6.45) is 8.45. The molecular weight excluding hydrogens is 310 g/mol. The number of nitrogens with zero attached hydrogens (tertiary/aromatic N) is 1. The number of hydrogen-bond acceptors (Lipinski definition) is 2. The quantitative estimate of drug-likeness (QED) is 0.795. The highest BCUT2D eigenvalue weighted by Gasteiger charge is 2.41. The van der Waals surface area contributed by atoms with Crippen LogP contribution >= 0.6 is 0 Å². The zero-order valence-corrected chi connectivity index (χ0v) is 15.4. The van der Waals surface area contributed by atoms with Crippen molar-refractivity contribution in [1.82, 2.24) is 4.90 Å². The van der Waals surface area contributed by atoms with Gasteiger partial charge in [-0.3, -0.25) is 4.79 Å². The summed E-state index contributed by atoms with van der Waals surface area (Å²) in [4.78, 5) is 14.6. The fourth-order valence-electron chi connectivity index (χ4n) is 4.62. The first kappa shape index (κ1) is 17.1. The molecule has 1 aromatic rings. The minimum Gasteiger partial charge on any atom is -0.376 e. The molecule has 0 unspecified atom stereocenters. The predicted octanol–water partition coefficient (Wildman–Crippen LogP) is 4.38. The number of carbonyl (C=O) groups excluding carboxylic acids is 1. The molecule has 2 aliphatic carbocycles. The Morgan fingerprint density at radius 2 is 1.76 bits per heavy atom. The summed E-state index contributed by atoms with van der Waals surface area (Å²) in [6.45, 7) is 3.95. The van der Waals surface area contributed by atoms with E-state index in [1.165, 1.54) is 18.4 Å². The van der Waals surface area contributed by atoms with Crippen molar-refractivity contribution < 1.29 is 9.53 Å². The summed E-state index contributed by atoms with van der Waals surface area (Å²) in [5.74, 6) is 1.99. The summed E-state index contributed by atoms with van der Waals surface area (Å²) in [7, 11) is 0. The Morgan fingerprint density at radius 3 is 2.44 bits per heavy atom. The van der Waals surface area contributed by atoms with Gasteiger partial charge in [-0.1, -0.05) is 37.3 Å². The van der Waals surface area contributed by atoms with Crippen LogP contribution in [0.3, 0.4) is 0 Å². The highest BCUT2D eigenvalue weighted by Crippen LogP contribution is 2.37. The Labute approximate surface area is 151 Å². The highest BCUT2D eigenvalue weighted by molar-refractivity contribution is 5.81. The Bertz CT molecular complexity index is 575. The third kappa shape index (κ3) is 3.92. The van der Waals surface area contributed by atoms with Gasteiger partial charge in [0.15, 0.2) is 0 Å². The molecule has 136 valence electrons. The smallest absolute Gasteiger partial charge is 0.226 e. The van der Waals surface area contributed by atoms with Crippen LogP contribution in [0, 0.1) is 11.8 Å². The van der Waals surface area contributed by atoms with Gasteiger partial charge in [-0.15, -0.1) is 0 Å². The van der Waals surface area contributed by atoms with Crippen LogP contribution in [0.5, 0.6) is 0 Å². The SMILES string of the molecule is C[C@H]1CCN(C(=O)C2CC2)[C@H]1CO[C@H]1CC[C@@H](c2ccccc2)CC1. The maximum Gasteiger partial charge on any atom is 0.226 e. The monoisotopic (exact) mass is 341 g/mol. The van der Waals surface area contributed by atoms with E-state index in [2.05, 4.69) is 42.2 Å². The van der Waals surface area contributed by atoms with Crippen LogP contribution in [0.15, 0.2) is 30.3 Å². The molecule has 3 fully saturated rings. The van der Waals surface area contributed by atoms with E-state index in [1.54, 1.807) is 0 Å². The van der Waals surface area contributed by atoms with Crippen molar-refractivity contribution in [2.75, 3.05) is 13.2 Å². The summed E-state index contributed by atoms with van der Waals surface area (Å²) >= 11 is 0.